The van der Waals surface area contributed by atoms with Crippen molar-refractivity contribution in [2.75, 3.05) is 0 Å². The molecule has 7 heteroatoms. The average Bonchev–Trinajstić information content (AvgIpc) is 3.08. The van der Waals surface area contributed by atoms with E-state index in [1.54, 1.807) is 12.1 Å². The Hall–Kier alpha value is -3.03. The first-order valence-corrected chi connectivity index (χ1v) is 11.0. The molecule has 0 aliphatic heterocycles. The van der Waals surface area contributed by atoms with Crippen LogP contribution in [0.4, 0.5) is 0 Å². The van der Waals surface area contributed by atoms with E-state index >= 15 is 0 Å². The minimum absolute atomic E-state index is 0.0693. The Morgan fingerprint density at radius 2 is 1.93 bits per heavy atom. The monoisotopic (exact) mass is 478 g/mol. The first-order chi connectivity index (χ1) is 14.5. The zero-order valence-electron chi connectivity index (χ0n) is 15.9. The van der Waals surface area contributed by atoms with Gasteiger partial charge in [-0.3, -0.25) is 4.79 Å². The Morgan fingerprint density at radius 1 is 1.10 bits per heavy atom. The second-order valence-corrected chi connectivity index (χ2v) is 8.73. The molecule has 0 N–H and O–H groups in total. The molecule has 0 aliphatic carbocycles. The highest BCUT2D eigenvalue weighted by atomic mass is 79.9. The number of amides is 1. The smallest absolute Gasteiger partial charge is 0.349 e. The fraction of sp³-hybridized carbons (Fsp3) is 0.0870. The maximum Gasteiger partial charge on any atom is 0.349 e. The van der Waals surface area contributed by atoms with Crippen molar-refractivity contribution >= 4 is 65.1 Å². The fourth-order valence-corrected chi connectivity index (χ4v) is 5.25. The summed E-state index contributed by atoms with van der Waals surface area (Å²) in [6, 6.07) is 18.9. The molecule has 5 rings (SSSR count). The molecule has 148 valence electrons. The van der Waals surface area contributed by atoms with Crippen LogP contribution in [-0.2, 0) is 6.54 Å². The highest BCUT2D eigenvalue weighted by Gasteiger charge is 2.16. The first kappa shape index (κ1) is 19.0. The molecule has 0 aliphatic rings. The fourth-order valence-electron chi connectivity index (χ4n) is 3.61. The summed E-state index contributed by atoms with van der Waals surface area (Å²) in [5.41, 5.74) is 0.693. The summed E-state index contributed by atoms with van der Waals surface area (Å²) in [5, 5.41) is 2.64. The Labute approximate surface area is 183 Å². The summed E-state index contributed by atoms with van der Waals surface area (Å²) < 4.78 is 9.37. The van der Waals surface area contributed by atoms with Gasteiger partial charge in [-0.05, 0) is 48.0 Å². The number of nitrogens with zero attached hydrogens (tertiary/aromatic N) is 2. The number of fused-ring (bicyclic) bond motifs is 4. The normalized spacial score (nSPS) is 12.3. The van der Waals surface area contributed by atoms with Gasteiger partial charge in [-0.15, -0.1) is 0 Å². The number of carbonyl (C=O) groups excluding carboxylic acids is 1. The molecule has 0 saturated heterocycles. The van der Waals surface area contributed by atoms with Gasteiger partial charge in [0.05, 0.1) is 10.2 Å². The number of thiazole rings is 1. The predicted molar refractivity (Wildman–Crippen MR) is 123 cm³/mol. The number of aromatic nitrogens is 1. The van der Waals surface area contributed by atoms with Crippen LogP contribution in [0, 0.1) is 0 Å². The molecule has 0 fully saturated rings. The third-order valence-corrected chi connectivity index (χ3v) is 6.56. The molecule has 2 heterocycles. The second kappa shape index (κ2) is 7.34. The van der Waals surface area contributed by atoms with Crippen molar-refractivity contribution in [1.82, 2.24) is 4.57 Å². The molecule has 0 unspecified atom stereocenters. The van der Waals surface area contributed by atoms with Crippen molar-refractivity contribution in [2.24, 2.45) is 4.99 Å². The van der Waals surface area contributed by atoms with Crippen molar-refractivity contribution in [2.45, 2.75) is 13.5 Å². The quantitative estimate of drug-likeness (QED) is 0.249. The highest BCUT2D eigenvalue weighted by molar-refractivity contribution is 9.10. The molecule has 0 bridgehead atoms. The Bertz CT molecular complexity index is 1590. The van der Waals surface area contributed by atoms with Crippen LogP contribution in [0.5, 0.6) is 0 Å². The molecule has 5 nitrogen and oxygen atoms in total. The molecule has 0 radical (unpaired) electrons. The third-order valence-electron chi connectivity index (χ3n) is 5.03. The lowest BCUT2D eigenvalue weighted by atomic mass is 10.0. The second-order valence-electron chi connectivity index (χ2n) is 6.80. The summed E-state index contributed by atoms with van der Waals surface area (Å²) in [4.78, 5) is 30.3. The molecular formula is C23H15BrN2O3S. The summed E-state index contributed by atoms with van der Waals surface area (Å²) in [7, 11) is 0. The van der Waals surface area contributed by atoms with Crippen LogP contribution in [0.2, 0.25) is 0 Å². The largest absolute Gasteiger partial charge is 0.422 e. The first-order valence-electron chi connectivity index (χ1n) is 9.38. The van der Waals surface area contributed by atoms with Crippen molar-refractivity contribution in [1.29, 1.82) is 0 Å². The van der Waals surface area contributed by atoms with E-state index in [4.69, 9.17) is 4.42 Å². The summed E-state index contributed by atoms with van der Waals surface area (Å²) in [6.45, 7) is 2.65. The zero-order valence-corrected chi connectivity index (χ0v) is 18.3. The maximum absolute atomic E-state index is 13.0. The van der Waals surface area contributed by atoms with Crippen molar-refractivity contribution in [3.8, 4) is 0 Å². The van der Waals surface area contributed by atoms with E-state index in [9.17, 15) is 9.59 Å². The van der Waals surface area contributed by atoms with Crippen molar-refractivity contribution in [3.05, 3.63) is 85.9 Å². The van der Waals surface area contributed by atoms with Crippen LogP contribution in [-0.4, -0.2) is 10.5 Å². The summed E-state index contributed by atoms with van der Waals surface area (Å²) >= 11 is 4.88. The van der Waals surface area contributed by atoms with Crippen LogP contribution in [0.3, 0.4) is 0 Å². The lowest BCUT2D eigenvalue weighted by Crippen LogP contribution is -2.19. The van der Waals surface area contributed by atoms with Gasteiger partial charge in [0, 0.05) is 16.4 Å². The van der Waals surface area contributed by atoms with E-state index < -0.39 is 11.5 Å². The molecule has 0 spiro atoms. The van der Waals surface area contributed by atoms with Crippen LogP contribution < -0.4 is 10.4 Å². The van der Waals surface area contributed by atoms with Gasteiger partial charge in [-0.25, -0.2) is 4.79 Å². The van der Waals surface area contributed by atoms with Gasteiger partial charge in [0.2, 0.25) is 0 Å². The van der Waals surface area contributed by atoms with Gasteiger partial charge in [-0.2, -0.15) is 4.99 Å². The Balaban J connectivity index is 1.72. The average molecular weight is 479 g/mol. The van der Waals surface area contributed by atoms with Crippen LogP contribution in [0.25, 0.3) is 32.0 Å². The molecule has 0 atom stereocenters. The standard InChI is InChI=1S/C23H15BrN2O3S/c1-2-26-18-9-8-14(24)11-20(18)30-23(26)25-21(27)17-12-16-15-6-4-3-5-13(15)7-10-19(16)29-22(17)28/h3-12H,2H2,1H3. The zero-order chi connectivity index (χ0) is 20.8. The van der Waals surface area contributed by atoms with Gasteiger partial charge in [0.1, 0.15) is 11.1 Å². The van der Waals surface area contributed by atoms with E-state index in [-0.39, 0.29) is 5.56 Å². The van der Waals surface area contributed by atoms with Crippen molar-refractivity contribution in [3.63, 3.8) is 0 Å². The van der Waals surface area contributed by atoms with E-state index in [0.717, 1.165) is 30.8 Å². The third kappa shape index (κ3) is 3.11. The number of carbonyl (C=O) groups is 1. The maximum atomic E-state index is 13.0. The number of aryl methyl sites for hydroxylation is 1. The minimum Gasteiger partial charge on any atom is -0.422 e. The lowest BCUT2D eigenvalue weighted by molar-refractivity contribution is 0.0994. The van der Waals surface area contributed by atoms with Crippen LogP contribution >= 0.6 is 27.3 Å². The Kier molecular flexibility index (Phi) is 4.64. The number of benzene rings is 3. The molecule has 1 amide bonds. The van der Waals surface area contributed by atoms with Crippen molar-refractivity contribution < 1.29 is 9.21 Å². The lowest BCUT2D eigenvalue weighted by Gasteiger charge is -2.04. The van der Waals surface area contributed by atoms with Crippen LogP contribution in [0.15, 0.2) is 79.3 Å². The minimum atomic E-state index is -0.682. The summed E-state index contributed by atoms with van der Waals surface area (Å²) in [6.07, 6.45) is 0. The van der Waals surface area contributed by atoms with Gasteiger partial charge >= 0.3 is 5.63 Å². The van der Waals surface area contributed by atoms with Gasteiger partial charge < -0.3 is 8.98 Å². The number of rotatable bonds is 2. The molecular weight excluding hydrogens is 464 g/mol. The van der Waals surface area contributed by atoms with E-state index in [1.165, 1.54) is 11.3 Å². The predicted octanol–water partition coefficient (Wildman–Crippen LogP) is 5.49. The van der Waals surface area contributed by atoms with E-state index in [0.29, 0.717) is 16.9 Å². The van der Waals surface area contributed by atoms with Gasteiger partial charge in [0.25, 0.3) is 5.91 Å². The number of halogens is 1. The topological polar surface area (TPSA) is 64.6 Å². The molecule has 2 aromatic heterocycles. The van der Waals surface area contributed by atoms with E-state index in [1.807, 2.05) is 60.0 Å². The molecule has 30 heavy (non-hydrogen) atoms. The van der Waals surface area contributed by atoms with Crippen LogP contribution in [0.1, 0.15) is 17.3 Å². The molecule has 3 aromatic carbocycles. The molecule has 0 saturated carbocycles. The SMILES string of the molecule is CCn1c(=NC(=O)c2cc3c(ccc4ccccc43)oc2=O)sc2cc(Br)ccc21. The van der Waals surface area contributed by atoms with Gasteiger partial charge in [0.15, 0.2) is 4.80 Å². The summed E-state index contributed by atoms with van der Waals surface area (Å²) in [5.74, 6) is -0.605. The number of hydrogen-bond acceptors (Lipinski definition) is 4. The van der Waals surface area contributed by atoms with E-state index in [2.05, 4.69) is 20.9 Å². The molecule has 5 aromatic rings. The Morgan fingerprint density at radius 3 is 2.77 bits per heavy atom. The number of hydrogen-bond donors (Lipinski definition) is 0. The van der Waals surface area contributed by atoms with Gasteiger partial charge in [-0.1, -0.05) is 57.6 Å². The highest BCUT2D eigenvalue weighted by Crippen LogP contribution is 2.25.